The standard InChI is InChI=1S/C17H24FNO2/c1-2-20-15-11-16(13-4-3-5-14(18)10-13)21-17(12-15)6-8-19-9-7-17/h3-5,10,15-16,19H,2,6-9,11-12H2,1H3/t15-,16-/m0/s1. The summed E-state index contributed by atoms with van der Waals surface area (Å²) in [6, 6.07) is 6.78. The maximum Gasteiger partial charge on any atom is 0.123 e. The zero-order valence-electron chi connectivity index (χ0n) is 12.6. The fourth-order valence-corrected chi connectivity index (χ4v) is 3.61. The van der Waals surface area contributed by atoms with Crippen LogP contribution in [0.5, 0.6) is 0 Å². The summed E-state index contributed by atoms with van der Waals surface area (Å²) in [7, 11) is 0. The highest BCUT2D eigenvalue weighted by molar-refractivity contribution is 5.20. The molecule has 2 aliphatic rings. The van der Waals surface area contributed by atoms with E-state index in [9.17, 15) is 4.39 Å². The molecule has 0 aliphatic carbocycles. The number of hydrogen-bond donors (Lipinski definition) is 1. The molecule has 1 aromatic carbocycles. The first kappa shape index (κ1) is 14.9. The SMILES string of the molecule is CCO[C@H]1C[C@@H](c2cccc(F)c2)OC2(CCNCC2)C1. The topological polar surface area (TPSA) is 30.5 Å². The summed E-state index contributed by atoms with van der Waals surface area (Å²) in [5.41, 5.74) is 0.817. The Morgan fingerprint density at radius 2 is 2.19 bits per heavy atom. The number of ether oxygens (including phenoxy) is 2. The third kappa shape index (κ3) is 3.44. The van der Waals surface area contributed by atoms with E-state index in [4.69, 9.17) is 9.47 Å². The number of piperidine rings is 1. The van der Waals surface area contributed by atoms with Crippen molar-refractivity contribution in [1.29, 1.82) is 0 Å². The van der Waals surface area contributed by atoms with Crippen molar-refractivity contribution in [2.24, 2.45) is 0 Å². The molecule has 4 heteroatoms. The Morgan fingerprint density at radius 1 is 1.38 bits per heavy atom. The van der Waals surface area contributed by atoms with Crippen molar-refractivity contribution in [2.75, 3.05) is 19.7 Å². The van der Waals surface area contributed by atoms with Crippen LogP contribution in [0.1, 0.15) is 44.3 Å². The lowest BCUT2D eigenvalue weighted by Crippen LogP contribution is -2.50. The quantitative estimate of drug-likeness (QED) is 0.928. The molecule has 3 nitrogen and oxygen atoms in total. The first-order valence-corrected chi connectivity index (χ1v) is 7.96. The van der Waals surface area contributed by atoms with Gasteiger partial charge in [0.15, 0.2) is 0 Å². The Hall–Kier alpha value is -0.970. The molecule has 2 saturated heterocycles. The molecule has 0 radical (unpaired) electrons. The highest BCUT2D eigenvalue weighted by Gasteiger charge is 2.43. The molecule has 2 fully saturated rings. The molecule has 0 aromatic heterocycles. The molecule has 1 N–H and O–H groups in total. The van der Waals surface area contributed by atoms with E-state index in [2.05, 4.69) is 5.32 Å². The average Bonchev–Trinajstić information content (AvgIpc) is 2.48. The van der Waals surface area contributed by atoms with Crippen LogP contribution in [0.4, 0.5) is 4.39 Å². The molecule has 116 valence electrons. The van der Waals surface area contributed by atoms with Crippen LogP contribution >= 0.6 is 0 Å². The van der Waals surface area contributed by atoms with Gasteiger partial charge in [-0.1, -0.05) is 12.1 Å². The van der Waals surface area contributed by atoms with E-state index in [1.54, 1.807) is 12.1 Å². The van der Waals surface area contributed by atoms with Crippen LogP contribution in [0.25, 0.3) is 0 Å². The van der Waals surface area contributed by atoms with E-state index < -0.39 is 0 Å². The van der Waals surface area contributed by atoms with Gasteiger partial charge in [0.2, 0.25) is 0 Å². The zero-order valence-corrected chi connectivity index (χ0v) is 12.6. The van der Waals surface area contributed by atoms with Gasteiger partial charge in [-0.2, -0.15) is 0 Å². The van der Waals surface area contributed by atoms with E-state index >= 15 is 0 Å². The fourth-order valence-electron chi connectivity index (χ4n) is 3.61. The molecule has 1 aromatic rings. The number of rotatable bonds is 3. The van der Waals surface area contributed by atoms with Gasteiger partial charge in [0.1, 0.15) is 5.82 Å². The van der Waals surface area contributed by atoms with E-state index in [1.807, 2.05) is 13.0 Å². The van der Waals surface area contributed by atoms with E-state index in [0.717, 1.165) is 50.9 Å². The molecule has 0 amide bonds. The van der Waals surface area contributed by atoms with E-state index in [-0.39, 0.29) is 23.6 Å². The van der Waals surface area contributed by atoms with Crippen molar-refractivity contribution in [3.8, 4) is 0 Å². The fraction of sp³-hybridized carbons (Fsp3) is 0.647. The van der Waals surface area contributed by atoms with Crippen LogP contribution in [0.3, 0.4) is 0 Å². The van der Waals surface area contributed by atoms with Gasteiger partial charge in [-0.05, 0) is 50.6 Å². The first-order chi connectivity index (χ1) is 10.2. The molecule has 3 rings (SSSR count). The van der Waals surface area contributed by atoms with Gasteiger partial charge in [0, 0.05) is 19.4 Å². The number of halogens is 1. The van der Waals surface area contributed by atoms with Gasteiger partial charge in [-0.25, -0.2) is 4.39 Å². The van der Waals surface area contributed by atoms with Gasteiger partial charge < -0.3 is 14.8 Å². The van der Waals surface area contributed by atoms with Crippen molar-refractivity contribution in [2.45, 2.75) is 50.4 Å². The van der Waals surface area contributed by atoms with Crippen LogP contribution in [0.15, 0.2) is 24.3 Å². The maximum absolute atomic E-state index is 13.5. The lowest BCUT2D eigenvalue weighted by atomic mass is 9.81. The second-order valence-electron chi connectivity index (χ2n) is 6.11. The molecule has 0 bridgehead atoms. The summed E-state index contributed by atoms with van der Waals surface area (Å²) < 4.78 is 25.8. The van der Waals surface area contributed by atoms with Gasteiger partial charge >= 0.3 is 0 Å². The molecule has 2 heterocycles. The van der Waals surface area contributed by atoms with Gasteiger partial charge in [-0.3, -0.25) is 0 Å². The predicted octanol–water partition coefficient (Wildman–Crippen LogP) is 3.20. The molecule has 21 heavy (non-hydrogen) atoms. The van der Waals surface area contributed by atoms with Crippen molar-refractivity contribution in [1.82, 2.24) is 5.32 Å². The summed E-state index contributed by atoms with van der Waals surface area (Å²) in [6.45, 7) is 4.71. The second-order valence-corrected chi connectivity index (χ2v) is 6.11. The Bertz CT molecular complexity index is 474. The third-order valence-electron chi connectivity index (χ3n) is 4.61. The predicted molar refractivity (Wildman–Crippen MR) is 79.7 cm³/mol. The average molecular weight is 293 g/mol. The Morgan fingerprint density at radius 3 is 2.90 bits per heavy atom. The molecular weight excluding hydrogens is 269 g/mol. The van der Waals surface area contributed by atoms with Crippen LogP contribution in [-0.4, -0.2) is 31.4 Å². The molecule has 0 saturated carbocycles. The number of benzene rings is 1. The summed E-state index contributed by atoms with van der Waals surface area (Å²) in [5, 5.41) is 3.39. The van der Waals surface area contributed by atoms with E-state index in [0.29, 0.717) is 0 Å². The smallest absolute Gasteiger partial charge is 0.123 e. The summed E-state index contributed by atoms with van der Waals surface area (Å²) >= 11 is 0. The lowest BCUT2D eigenvalue weighted by Gasteiger charge is -2.47. The van der Waals surface area contributed by atoms with Crippen molar-refractivity contribution in [3.05, 3.63) is 35.6 Å². The molecule has 2 aliphatic heterocycles. The first-order valence-electron chi connectivity index (χ1n) is 7.96. The normalized spacial score (nSPS) is 28.7. The summed E-state index contributed by atoms with van der Waals surface area (Å²) in [6.07, 6.45) is 3.91. The third-order valence-corrected chi connectivity index (χ3v) is 4.61. The lowest BCUT2D eigenvalue weighted by molar-refractivity contribution is -0.185. The number of hydrogen-bond acceptors (Lipinski definition) is 3. The Balaban J connectivity index is 1.82. The highest BCUT2D eigenvalue weighted by Crippen LogP contribution is 2.42. The van der Waals surface area contributed by atoms with Crippen molar-refractivity contribution >= 4 is 0 Å². The Labute approximate surface area is 125 Å². The minimum Gasteiger partial charge on any atom is -0.378 e. The number of nitrogens with one attached hydrogen (secondary N) is 1. The monoisotopic (exact) mass is 293 g/mol. The van der Waals surface area contributed by atoms with E-state index in [1.165, 1.54) is 6.07 Å². The maximum atomic E-state index is 13.5. The van der Waals surface area contributed by atoms with Crippen LogP contribution < -0.4 is 5.32 Å². The zero-order chi connectivity index (χ0) is 14.7. The molecule has 2 atom stereocenters. The van der Waals surface area contributed by atoms with Crippen LogP contribution in [-0.2, 0) is 9.47 Å². The van der Waals surface area contributed by atoms with Crippen molar-refractivity contribution in [3.63, 3.8) is 0 Å². The second kappa shape index (κ2) is 6.42. The molecule has 0 unspecified atom stereocenters. The van der Waals surface area contributed by atoms with Gasteiger partial charge in [0.05, 0.1) is 17.8 Å². The van der Waals surface area contributed by atoms with Gasteiger partial charge in [0.25, 0.3) is 0 Å². The summed E-state index contributed by atoms with van der Waals surface area (Å²) in [4.78, 5) is 0. The molecular formula is C17H24FNO2. The van der Waals surface area contributed by atoms with Crippen LogP contribution in [0, 0.1) is 5.82 Å². The minimum absolute atomic E-state index is 0.0656. The van der Waals surface area contributed by atoms with Crippen molar-refractivity contribution < 1.29 is 13.9 Å². The highest BCUT2D eigenvalue weighted by atomic mass is 19.1. The van der Waals surface area contributed by atoms with Crippen LogP contribution in [0.2, 0.25) is 0 Å². The minimum atomic E-state index is -0.200. The van der Waals surface area contributed by atoms with Gasteiger partial charge in [-0.15, -0.1) is 0 Å². The Kier molecular flexibility index (Phi) is 4.57. The largest absolute Gasteiger partial charge is 0.378 e. The molecule has 1 spiro atoms. The summed E-state index contributed by atoms with van der Waals surface area (Å²) in [5.74, 6) is -0.200.